The highest BCUT2D eigenvalue weighted by atomic mass is 16.1. The molecule has 0 fully saturated rings. The Kier molecular flexibility index (Phi) is 4.95. The van der Waals surface area contributed by atoms with Crippen molar-refractivity contribution in [2.24, 2.45) is 12.8 Å². The van der Waals surface area contributed by atoms with Crippen molar-refractivity contribution in [3.63, 3.8) is 0 Å². The van der Waals surface area contributed by atoms with E-state index >= 15 is 0 Å². The normalized spacial score (nSPS) is 12.0. The van der Waals surface area contributed by atoms with E-state index in [2.05, 4.69) is 16.4 Å². The largest absolute Gasteiger partial charge is 0.338 e. The lowest BCUT2D eigenvalue weighted by Crippen LogP contribution is -2.32. The van der Waals surface area contributed by atoms with Crippen LogP contribution in [0.1, 0.15) is 38.9 Å². The maximum absolute atomic E-state index is 12.9. The molecule has 128 valence electrons. The Morgan fingerprint density at radius 2 is 2.04 bits per heavy atom. The highest BCUT2D eigenvalue weighted by Crippen LogP contribution is 2.22. The number of benzene rings is 2. The first-order valence-electron chi connectivity index (χ1n) is 8.22. The summed E-state index contributed by atoms with van der Waals surface area (Å²) in [6.07, 6.45) is 3.61. The summed E-state index contributed by atoms with van der Waals surface area (Å²) in [4.78, 5) is 17.3. The molecule has 0 aliphatic heterocycles. The first kappa shape index (κ1) is 16.9. The highest BCUT2D eigenvalue weighted by Gasteiger charge is 2.22. The van der Waals surface area contributed by atoms with Gasteiger partial charge in [0.2, 0.25) is 0 Å². The summed E-state index contributed by atoms with van der Waals surface area (Å²) >= 11 is 0. The van der Waals surface area contributed by atoms with Crippen molar-refractivity contribution < 1.29 is 4.79 Å². The Hall–Kier alpha value is -2.92. The molecule has 1 atom stereocenters. The molecule has 1 amide bonds. The molecule has 0 radical (unpaired) electrons. The molecule has 0 saturated heterocycles. The van der Waals surface area contributed by atoms with Crippen LogP contribution in [0.15, 0.2) is 60.9 Å². The molecule has 3 rings (SSSR count). The second-order valence-electron chi connectivity index (χ2n) is 6.08. The first-order chi connectivity index (χ1) is 12.1. The number of carbonyl (C=O) groups excluding carboxylic acids is 1. The average Bonchev–Trinajstić information content (AvgIpc) is 3.05. The van der Waals surface area contributed by atoms with Gasteiger partial charge in [0.25, 0.3) is 5.91 Å². The number of amides is 1. The summed E-state index contributed by atoms with van der Waals surface area (Å²) < 4.78 is 1.92. The highest BCUT2D eigenvalue weighted by molar-refractivity contribution is 5.96. The summed E-state index contributed by atoms with van der Waals surface area (Å²) in [6, 6.07) is 15.1. The van der Waals surface area contributed by atoms with Gasteiger partial charge in [0.1, 0.15) is 11.9 Å². The Morgan fingerprint density at radius 1 is 1.24 bits per heavy atom. The Bertz CT molecular complexity index is 885. The van der Waals surface area contributed by atoms with E-state index in [0.29, 0.717) is 12.1 Å². The SMILES string of the molecule is Cc1cccc(C(NC(=O)c2ccccc2CN)c2nccn2C)c1. The number of hydrogen-bond donors (Lipinski definition) is 2. The maximum atomic E-state index is 12.9. The number of carbonyl (C=O) groups is 1. The minimum Gasteiger partial charge on any atom is -0.338 e. The molecular weight excluding hydrogens is 312 g/mol. The van der Waals surface area contributed by atoms with Crippen molar-refractivity contribution in [3.8, 4) is 0 Å². The van der Waals surface area contributed by atoms with E-state index in [9.17, 15) is 4.79 Å². The summed E-state index contributed by atoms with van der Waals surface area (Å²) in [5, 5.41) is 3.12. The Balaban J connectivity index is 1.98. The van der Waals surface area contributed by atoms with Crippen LogP contribution in [0.4, 0.5) is 0 Å². The number of imidazole rings is 1. The molecule has 3 N–H and O–H groups in total. The molecule has 0 aliphatic rings. The van der Waals surface area contributed by atoms with Crippen LogP contribution >= 0.6 is 0 Å². The molecule has 0 bridgehead atoms. The number of rotatable bonds is 5. The van der Waals surface area contributed by atoms with Crippen LogP contribution in [0, 0.1) is 6.92 Å². The van der Waals surface area contributed by atoms with E-state index in [0.717, 1.165) is 22.5 Å². The van der Waals surface area contributed by atoms with Crippen LogP contribution in [0.3, 0.4) is 0 Å². The zero-order chi connectivity index (χ0) is 17.8. The molecule has 2 aromatic carbocycles. The standard InChI is InChI=1S/C20H22N4O/c1-14-6-5-8-15(12-14)18(19-22-10-11-24(19)2)23-20(25)17-9-4-3-7-16(17)13-21/h3-12,18H,13,21H2,1-2H3,(H,23,25). The van der Waals surface area contributed by atoms with E-state index in [4.69, 9.17) is 5.73 Å². The predicted molar refractivity (Wildman–Crippen MR) is 98.0 cm³/mol. The number of nitrogens with zero attached hydrogens (tertiary/aromatic N) is 2. The lowest BCUT2D eigenvalue weighted by atomic mass is 10.0. The smallest absolute Gasteiger partial charge is 0.252 e. The number of nitrogens with two attached hydrogens (primary N) is 1. The zero-order valence-corrected chi connectivity index (χ0v) is 14.4. The van der Waals surface area contributed by atoms with Crippen LogP contribution in [-0.4, -0.2) is 15.5 Å². The Labute approximate surface area is 147 Å². The van der Waals surface area contributed by atoms with Crippen LogP contribution in [0.2, 0.25) is 0 Å². The van der Waals surface area contributed by atoms with Gasteiger partial charge < -0.3 is 15.6 Å². The van der Waals surface area contributed by atoms with Crippen molar-refractivity contribution >= 4 is 5.91 Å². The lowest BCUT2D eigenvalue weighted by Gasteiger charge is -2.20. The van der Waals surface area contributed by atoms with Gasteiger partial charge in [-0.25, -0.2) is 4.98 Å². The molecule has 1 aromatic heterocycles. The van der Waals surface area contributed by atoms with E-state index in [-0.39, 0.29) is 11.9 Å². The number of nitrogens with one attached hydrogen (secondary N) is 1. The first-order valence-corrected chi connectivity index (χ1v) is 8.22. The molecule has 5 heteroatoms. The van der Waals surface area contributed by atoms with E-state index in [1.165, 1.54) is 0 Å². The average molecular weight is 334 g/mol. The zero-order valence-electron chi connectivity index (χ0n) is 14.4. The fourth-order valence-corrected chi connectivity index (χ4v) is 2.93. The fourth-order valence-electron chi connectivity index (χ4n) is 2.93. The van der Waals surface area contributed by atoms with Gasteiger partial charge in [-0.2, -0.15) is 0 Å². The van der Waals surface area contributed by atoms with Gasteiger partial charge in [0.15, 0.2) is 0 Å². The molecular formula is C20H22N4O. The fraction of sp³-hybridized carbons (Fsp3) is 0.200. The van der Waals surface area contributed by atoms with Crippen molar-refractivity contribution in [1.29, 1.82) is 0 Å². The van der Waals surface area contributed by atoms with E-state index in [1.54, 1.807) is 12.3 Å². The van der Waals surface area contributed by atoms with E-state index < -0.39 is 0 Å². The van der Waals surface area contributed by atoms with Crippen molar-refractivity contribution in [3.05, 3.63) is 89.0 Å². The molecule has 0 aliphatic carbocycles. The second kappa shape index (κ2) is 7.32. The molecule has 1 heterocycles. The van der Waals surface area contributed by atoms with Crippen molar-refractivity contribution in [2.75, 3.05) is 0 Å². The van der Waals surface area contributed by atoms with Gasteiger partial charge in [-0.05, 0) is 24.1 Å². The molecule has 0 spiro atoms. The van der Waals surface area contributed by atoms with Gasteiger partial charge in [0.05, 0.1) is 0 Å². The number of aryl methyl sites for hydroxylation is 2. The molecule has 5 nitrogen and oxygen atoms in total. The van der Waals surface area contributed by atoms with Crippen molar-refractivity contribution in [2.45, 2.75) is 19.5 Å². The quantitative estimate of drug-likeness (QED) is 0.753. The third-order valence-corrected chi connectivity index (χ3v) is 4.25. The summed E-state index contributed by atoms with van der Waals surface area (Å²) in [7, 11) is 1.92. The topological polar surface area (TPSA) is 72.9 Å². The van der Waals surface area contributed by atoms with Gasteiger partial charge >= 0.3 is 0 Å². The minimum atomic E-state index is -0.335. The van der Waals surface area contributed by atoms with E-state index in [1.807, 2.05) is 61.1 Å². The van der Waals surface area contributed by atoms with Gasteiger partial charge in [-0.1, -0.05) is 48.0 Å². The predicted octanol–water partition coefficient (Wildman–Crippen LogP) is 2.71. The molecule has 25 heavy (non-hydrogen) atoms. The van der Waals surface area contributed by atoms with Gasteiger partial charge in [-0.15, -0.1) is 0 Å². The maximum Gasteiger partial charge on any atom is 0.252 e. The second-order valence-corrected chi connectivity index (χ2v) is 6.08. The molecule has 0 saturated carbocycles. The van der Waals surface area contributed by atoms with Gasteiger partial charge in [-0.3, -0.25) is 4.79 Å². The van der Waals surface area contributed by atoms with Crippen LogP contribution in [0.5, 0.6) is 0 Å². The number of aromatic nitrogens is 2. The molecule has 3 aromatic rings. The lowest BCUT2D eigenvalue weighted by molar-refractivity contribution is 0.0940. The summed E-state index contributed by atoms with van der Waals surface area (Å²) in [5.41, 5.74) is 9.31. The number of hydrogen-bond acceptors (Lipinski definition) is 3. The monoisotopic (exact) mass is 334 g/mol. The van der Waals surface area contributed by atoms with Crippen LogP contribution in [0.25, 0.3) is 0 Å². The minimum absolute atomic E-state index is 0.157. The molecule has 1 unspecified atom stereocenters. The summed E-state index contributed by atoms with van der Waals surface area (Å²) in [5.74, 6) is 0.625. The van der Waals surface area contributed by atoms with Crippen LogP contribution in [-0.2, 0) is 13.6 Å². The van der Waals surface area contributed by atoms with Gasteiger partial charge in [0, 0.05) is 31.5 Å². The Morgan fingerprint density at radius 3 is 2.72 bits per heavy atom. The van der Waals surface area contributed by atoms with Crippen LogP contribution < -0.4 is 11.1 Å². The third-order valence-electron chi connectivity index (χ3n) is 4.25. The van der Waals surface area contributed by atoms with Crippen molar-refractivity contribution in [1.82, 2.24) is 14.9 Å². The summed E-state index contributed by atoms with van der Waals surface area (Å²) in [6.45, 7) is 2.35. The third kappa shape index (κ3) is 3.61.